The largest absolute Gasteiger partial charge is 0.496 e. The number of rotatable bonds is 4. The Morgan fingerprint density at radius 2 is 2.09 bits per heavy atom. The summed E-state index contributed by atoms with van der Waals surface area (Å²) in [6.07, 6.45) is 0. The second-order valence-corrected chi connectivity index (χ2v) is 6.53. The number of hydrogen-bond donors (Lipinski definition) is 0. The molecule has 0 N–H and O–H groups in total. The van der Waals surface area contributed by atoms with Crippen molar-refractivity contribution in [3.8, 4) is 11.5 Å². The van der Waals surface area contributed by atoms with Gasteiger partial charge < -0.3 is 13.9 Å². The smallest absolute Gasteiger partial charge is 0.204 e. The topological polar surface area (TPSA) is 48.7 Å². The maximum Gasteiger partial charge on any atom is 0.204 e. The first-order valence-electron chi connectivity index (χ1n) is 7.04. The van der Waals surface area contributed by atoms with Crippen LogP contribution in [0.4, 0.5) is 0 Å². The van der Waals surface area contributed by atoms with Crippen molar-refractivity contribution in [3.05, 3.63) is 46.6 Å². The summed E-state index contributed by atoms with van der Waals surface area (Å²) in [5.41, 5.74) is 0.983. The number of hydrogen-bond acceptors (Lipinski definition) is 5. The van der Waals surface area contributed by atoms with Crippen LogP contribution in [-0.2, 0) is 0 Å². The predicted molar refractivity (Wildman–Crippen MR) is 88.3 cm³/mol. The van der Waals surface area contributed by atoms with E-state index in [0.717, 1.165) is 5.75 Å². The predicted octanol–water partition coefficient (Wildman–Crippen LogP) is 3.45. The van der Waals surface area contributed by atoms with Gasteiger partial charge in [0.15, 0.2) is 0 Å². The second-order valence-electron chi connectivity index (χ2n) is 5.19. The van der Waals surface area contributed by atoms with E-state index < -0.39 is 0 Å². The molecule has 5 heteroatoms. The minimum absolute atomic E-state index is 0.0713. The van der Waals surface area contributed by atoms with E-state index in [4.69, 9.17) is 13.9 Å². The van der Waals surface area contributed by atoms with Crippen molar-refractivity contribution in [3.63, 3.8) is 0 Å². The van der Waals surface area contributed by atoms with E-state index in [1.54, 1.807) is 31.4 Å². The molecule has 2 aromatic carbocycles. The van der Waals surface area contributed by atoms with Gasteiger partial charge in [-0.25, -0.2) is 0 Å². The summed E-state index contributed by atoms with van der Waals surface area (Å²) in [6.45, 7) is 0.596. The Morgan fingerprint density at radius 1 is 1.27 bits per heavy atom. The fourth-order valence-corrected chi connectivity index (χ4v) is 2.84. The van der Waals surface area contributed by atoms with Gasteiger partial charge in [0, 0.05) is 23.1 Å². The molecule has 0 spiro atoms. The number of benzene rings is 2. The zero-order valence-corrected chi connectivity index (χ0v) is 12.8. The molecule has 0 bridgehead atoms. The quantitative estimate of drug-likeness (QED) is 0.545. The van der Waals surface area contributed by atoms with Crippen LogP contribution < -0.4 is 14.9 Å². The summed E-state index contributed by atoms with van der Waals surface area (Å²) in [4.78, 5) is 12.8. The minimum atomic E-state index is -0.0713. The molecule has 1 aromatic heterocycles. The van der Waals surface area contributed by atoms with Crippen molar-refractivity contribution < 1.29 is 13.9 Å². The molecule has 0 amide bonds. The van der Waals surface area contributed by atoms with Crippen LogP contribution in [0.25, 0.3) is 21.9 Å². The van der Waals surface area contributed by atoms with E-state index in [1.165, 1.54) is 0 Å². The van der Waals surface area contributed by atoms with Crippen LogP contribution in [0.15, 0.2) is 45.6 Å². The number of thioether (sulfide) groups is 1. The normalized spacial score (nSPS) is 16.9. The molecular formula is C17H14O4S. The van der Waals surface area contributed by atoms with E-state index >= 15 is 0 Å². The average Bonchev–Trinajstić information content (AvgIpc) is 3.36. The van der Waals surface area contributed by atoms with Gasteiger partial charge in [0.2, 0.25) is 5.43 Å². The first kappa shape index (κ1) is 13.5. The number of fused-ring (bicyclic) bond motifs is 2. The van der Waals surface area contributed by atoms with Crippen molar-refractivity contribution in [2.45, 2.75) is 5.25 Å². The maximum atomic E-state index is 12.8. The minimum Gasteiger partial charge on any atom is -0.496 e. The van der Waals surface area contributed by atoms with Gasteiger partial charge in [-0.2, -0.15) is 11.8 Å². The van der Waals surface area contributed by atoms with Gasteiger partial charge in [-0.15, -0.1) is 0 Å². The highest BCUT2D eigenvalue weighted by molar-refractivity contribution is 8.06. The molecule has 2 heterocycles. The Morgan fingerprint density at radius 3 is 2.86 bits per heavy atom. The lowest BCUT2D eigenvalue weighted by atomic mass is 10.1. The van der Waals surface area contributed by atoms with E-state index in [9.17, 15) is 4.79 Å². The molecule has 0 saturated carbocycles. The maximum absolute atomic E-state index is 12.8. The molecule has 3 aromatic rings. The van der Waals surface area contributed by atoms with Crippen LogP contribution >= 0.6 is 11.8 Å². The van der Waals surface area contributed by atoms with Crippen molar-refractivity contribution in [1.82, 2.24) is 0 Å². The Balaban J connectivity index is 1.97. The number of ether oxygens (including phenoxy) is 2. The van der Waals surface area contributed by atoms with E-state index in [1.807, 2.05) is 23.9 Å². The Bertz CT molecular complexity index is 912. The Labute approximate surface area is 131 Å². The lowest BCUT2D eigenvalue weighted by Crippen LogP contribution is -2.08. The van der Waals surface area contributed by atoms with Gasteiger partial charge in [-0.05, 0) is 12.1 Å². The molecular weight excluding hydrogens is 300 g/mol. The second kappa shape index (κ2) is 5.25. The molecule has 1 aliphatic rings. The molecule has 0 radical (unpaired) electrons. The summed E-state index contributed by atoms with van der Waals surface area (Å²) < 4.78 is 17.0. The van der Waals surface area contributed by atoms with Crippen molar-refractivity contribution in [2.75, 3.05) is 19.5 Å². The molecule has 4 rings (SSSR count). The first-order chi connectivity index (χ1) is 10.8. The Hall–Kier alpha value is -2.14. The highest BCUT2D eigenvalue weighted by Gasteiger charge is 2.24. The third-order valence-electron chi connectivity index (χ3n) is 3.68. The first-order valence-corrected chi connectivity index (χ1v) is 8.09. The zero-order chi connectivity index (χ0) is 15.1. The lowest BCUT2D eigenvalue weighted by Gasteiger charge is -2.11. The van der Waals surface area contributed by atoms with Crippen LogP contribution in [0.5, 0.6) is 11.5 Å². The lowest BCUT2D eigenvalue weighted by molar-refractivity contribution is 0.330. The van der Waals surface area contributed by atoms with E-state index in [-0.39, 0.29) is 5.43 Å². The molecule has 112 valence electrons. The molecule has 1 unspecified atom stereocenters. The molecule has 4 nitrogen and oxygen atoms in total. The Kier molecular flexibility index (Phi) is 3.22. The standard InChI is InChI=1S/C17H14O4S/c1-19-10-6-14(20-8-11-9-22-11)16-15(7-10)21-13-5-3-2-4-12(13)17(16)18/h2-7,11H,8-9H2,1H3. The fraction of sp³-hybridized carbons (Fsp3) is 0.235. The summed E-state index contributed by atoms with van der Waals surface area (Å²) in [5.74, 6) is 2.25. The van der Waals surface area contributed by atoms with Crippen LogP contribution in [0, 0.1) is 0 Å². The summed E-state index contributed by atoms with van der Waals surface area (Å²) in [6, 6.07) is 10.7. The third-order valence-corrected chi connectivity index (χ3v) is 4.62. The zero-order valence-electron chi connectivity index (χ0n) is 12.0. The van der Waals surface area contributed by atoms with Gasteiger partial charge in [0.1, 0.15) is 34.7 Å². The van der Waals surface area contributed by atoms with Crippen LogP contribution in [0.1, 0.15) is 0 Å². The summed E-state index contributed by atoms with van der Waals surface area (Å²) in [5, 5.41) is 1.56. The van der Waals surface area contributed by atoms with Gasteiger partial charge in [-0.3, -0.25) is 4.79 Å². The van der Waals surface area contributed by atoms with Crippen LogP contribution in [0.2, 0.25) is 0 Å². The molecule has 1 aliphatic heterocycles. The number of methoxy groups -OCH3 is 1. The van der Waals surface area contributed by atoms with Crippen LogP contribution in [-0.4, -0.2) is 24.7 Å². The molecule has 1 saturated heterocycles. The molecule has 1 fully saturated rings. The van der Waals surface area contributed by atoms with Crippen molar-refractivity contribution in [1.29, 1.82) is 0 Å². The van der Waals surface area contributed by atoms with Gasteiger partial charge in [0.25, 0.3) is 0 Å². The van der Waals surface area contributed by atoms with Gasteiger partial charge in [-0.1, -0.05) is 12.1 Å². The third kappa shape index (κ3) is 2.31. The van der Waals surface area contributed by atoms with Crippen molar-refractivity contribution >= 4 is 33.7 Å². The van der Waals surface area contributed by atoms with Crippen molar-refractivity contribution in [2.24, 2.45) is 0 Å². The highest BCUT2D eigenvalue weighted by atomic mass is 32.2. The van der Waals surface area contributed by atoms with E-state index in [2.05, 4.69) is 0 Å². The van der Waals surface area contributed by atoms with Crippen LogP contribution in [0.3, 0.4) is 0 Å². The fourth-order valence-electron chi connectivity index (χ4n) is 2.45. The molecule has 22 heavy (non-hydrogen) atoms. The summed E-state index contributed by atoms with van der Waals surface area (Å²) in [7, 11) is 1.58. The molecule has 0 aliphatic carbocycles. The highest BCUT2D eigenvalue weighted by Crippen LogP contribution is 2.34. The monoisotopic (exact) mass is 314 g/mol. The van der Waals surface area contributed by atoms with E-state index in [0.29, 0.717) is 45.3 Å². The van der Waals surface area contributed by atoms with Gasteiger partial charge >= 0.3 is 0 Å². The average molecular weight is 314 g/mol. The number of para-hydroxylation sites is 1. The van der Waals surface area contributed by atoms with Gasteiger partial charge in [0.05, 0.1) is 12.5 Å². The SMILES string of the molecule is COc1cc(OCC2CS2)c2c(=O)c3ccccc3oc2c1. The molecule has 1 atom stereocenters. The summed E-state index contributed by atoms with van der Waals surface area (Å²) >= 11 is 1.85.